The highest BCUT2D eigenvalue weighted by Crippen LogP contribution is 2.33. The van der Waals surface area contributed by atoms with Gasteiger partial charge in [0.2, 0.25) is 17.8 Å². The molecule has 1 saturated heterocycles. The highest BCUT2D eigenvalue weighted by Gasteiger charge is 2.37. The first kappa shape index (κ1) is 16.0. The zero-order chi connectivity index (χ0) is 17.3. The summed E-state index contributed by atoms with van der Waals surface area (Å²) in [6.45, 7) is 0.000113. The molecule has 1 aliphatic heterocycles. The Bertz CT molecular complexity index is 760. The minimum absolute atomic E-state index is 0.000113. The molecule has 3 rings (SSSR count). The number of aromatic amines is 1. The first-order valence-corrected chi connectivity index (χ1v) is 6.98. The first-order chi connectivity index (χ1) is 11.3. The maximum absolute atomic E-state index is 12.8. The summed E-state index contributed by atoms with van der Waals surface area (Å²) in [6, 6.07) is 4.46. The number of aromatic nitrogens is 3. The zero-order valence-corrected chi connectivity index (χ0v) is 12.2. The maximum atomic E-state index is 12.8. The molecular formula is C14H12F3N5O2. The first-order valence-electron chi connectivity index (χ1n) is 6.98. The maximum Gasteiger partial charge on any atom is 0.416 e. The third kappa shape index (κ3) is 3.21. The lowest BCUT2D eigenvalue weighted by Gasteiger charge is -2.18. The van der Waals surface area contributed by atoms with E-state index in [0.29, 0.717) is 0 Å². The standard InChI is InChI=1S/C14H12F3N5O2/c15-14(16,17)9-2-1-3-10(5-9)22-6-8(4-11(22)23)12(24)20-13-18-7-19-21-13/h1-3,5,7-8H,4,6H2,(H2,18,19,20,21,24)/t8-/m0/s1. The highest BCUT2D eigenvalue weighted by atomic mass is 19.4. The number of amides is 2. The fourth-order valence-electron chi connectivity index (χ4n) is 2.47. The SMILES string of the molecule is O=C(Nc1ncn[nH]1)[C@H]1CC(=O)N(c2cccc(C(F)(F)F)c2)C1. The van der Waals surface area contributed by atoms with Crippen LogP contribution in [-0.4, -0.2) is 33.5 Å². The number of benzene rings is 1. The number of nitrogens with one attached hydrogen (secondary N) is 2. The number of hydrogen-bond donors (Lipinski definition) is 2. The van der Waals surface area contributed by atoms with Gasteiger partial charge in [-0.25, -0.2) is 5.10 Å². The molecule has 0 aliphatic carbocycles. The van der Waals surface area contributed by atoms with Crippen molar-refractivity contribution in [2.24, 2.45) is 5.92 Å². The molecule has 0 bridgehead atoms. The van der Waals surface area contributed by atoms with Gasteiger partial charge in [0.05, 0.1) is 11.5 Å². The summed E-state index contributed by atoms with van der Waals surface area (Å²) in [5, 5.41) is 8.50. The molecule has 2 N–H and O–H groups in total. The molecule has 1 aliphatic rings. The quantitative estimate of drug-likeness (QED) is 0.892. The molecule has 24 heavy (non-hydrogen) atoms. The summed E-state index contributed by atoms with van der Waals surface area (Å²) >= 11 is 0. The van der Waals surface area contributed by atoms with Gasteiger partial charge in [0.15, 0.2) is 0 Å². The van der Waals surface area contributed by atoms with E-state index in [1.54, 1.807) is 0 Å². The minimum atomic E-state index is -4.50. The molecule has 2 aromatic rings. The van der Waals surface area contributed by atoms with Crippen molar-refractivity contribution in [2.45, 2.75) is 12.6 Å². The lowest BCUT2D eigenvalue weighted by Crippen LogP contribution is -2.28. The molecule has 1 atom stereocenters. The second-order valence-electron chi connectivity index (χ2n) is 5.28. The van der Waals surface area contributed by atoms with E-state index in [2.05, 4.69) is 20.5 Å². The summed E-state index contributed by atoms with van der Waals surface area (Å²) in [6.07, 6.45) is -3.37. The normalized spacial score (nSPS) is 18.0. The molecule has 10 heteroatoms. The van der Waals surface area contributed by atoms with E-state index < -0.39 is 29.5 Å². The van der Waals surface area contributed by atoms with Gasteiger partial charge in [-0.3, -0.25) is 14.9 Å². The van der Waals surface area contributed by atoms with Gasteiger partial charge in [0.1, 0.15) is 6.33 Å². The van der Waals surface area contributed by atoms with E-state index in [1.165, 1.54) is 23.4 Å². The number of rotatable bonds is 3. The van der Waals surface area contributed by atoms with Gasteiger partial charge in [-0.15, -0.1) is 0 Å². The van der Waals surface area contributed by atoms with Crippen LogP contribution >= 0.6 is 0 Å². The van der Waals surface area contributed by atoms with E-state index in [0.717, 1.165) is 12.1 Å². The Labute approximate surface area is 133 Å². The predicted molar refractivity (Wildman–Crippen MR) is 76.9 cm³/mol. The van der Waals surface area contributed by atoms with Gasteiger partial charge in [-0.05, 0) is 18.2 Å². The van der Waals surface area contributed by atoms with Gasteiger partial charge < -0.3 is 4.90 Å². The van der Waals surface area contributed by atoms with Crippen LogP contribution in [0.15, 0.2) is 30.6 Å². The zero-order valence-electron chi connectivity index (χ0n) is 12.2. The van der Waals surface area contributed by atoms with E-state index in [4.69, 9.17) is 0 Å². The van der Waals surface area contributed by atoms with Crippen LogP contribution in [0.5, 0.6) is 0 Å². The van der Waals surface area contributed by atoms with Crippen molar-refractivity contribution in [3.63, 3.8) is 0 Å². The Morgan fingerprint density at radius 3 is 2.83 bits per heavy atom. The number of halogens is 3. The average molecular weight is 339 g/mol. The topological polar surface area (TPSA) is 91.0 Å². The number of hydrogen-bond acceptors (Lipinski definition) is 4. The van der Waals surface area contributed by atoms with Crippen LogP contribution in [0, 0.1) is 5.92 Å². The Morgan fingerprint density at radius 2 is 2.17 bits per heavy atom. The molecule has 2 amide bonds. The van der Waals surface area contributed by atoms with Crippen molar-refractivity contribution in [1.82, 2.24) is 15.2 Å². The summed E-state index contributed by atoms with van der Waals surface area (Å²) in [4.78, 5) is 29.1. The Hall–Kier alpha value is -2.91. The molecule has 1 fully saturated rings. The van der Waals surface area contributed by atoms with E-state index in [-0.39, 0.29) is 24.6 Å². The van der Waals surface area contributed by atoms with E-state index >= 15 is 0 Å². The summed E-state index contributed by atoms with van der Waals surface area (Å²) in [7, 11) is 0. The van der Waals surface area contributed by atoms with Crippen molar-refractivity contribution >= 4 is 23.5 Å². The minimum Gasteiger partial charge on any atom is -0.312 e. The number of alkyl halides is 3. The van der Waals surface area contributed by atoms with Crippen LogP contribution in [0.25, 0.3) is 0 Å². The van der Waals surface area contributed by atoms with E-state index in [1.807, 2.05) is 0 Å². The van der Waals surface area contributed by atoms with Gasteiger partial charge in [-0.2, -0.15) is 23.3 Å². The molecule has 0 radical (unpaired) electrons. The molecular weight excluding hydrogens is 327 g/mol. The molecule has 1 aromatic carbocycles. The lowest BCUT2D eigenvalue weighted by molar-refractivity contribution is -0.137. The number of nitrogens with zero attached hydrogens (tertiary/aromatic N) is 3. The third-order valence-electron chi connectivity index (χ3n) is 3.64. The number of carbonyl (C=O) groups is 2. The lowest BCUT2D eigenvalue weighted by atomic mass is 10.1. The summed E-state index contributed by atoms with van der Waals surface area (Å²) in [5.74, 6) is -1.40. The molecule has 1 aromatic heterocycles. The van der Waals surface area contributed by atoms with Crippen LogP contribution in [-0.2, 0) is 15.8 Å². The van der Waals surface area contributed by atoms with Crippen LogP contribution in [0.1, 0.15) is 12.0 Å². The second-order valence-corrected chi connectivity index (χ2v) is 5.28. The van der Waals surface area contributed by atoms with Crippen molar-refractivity contribution in [1.29, 1.82) is 0 Å². The molecule has 2 heterocycles. The molecule has 7 nitrogen and oxygen atoms in total. The molecule has 0 unspecified atom stereocenters. The van der Waals surface area contributed by atoms with Crippen LogP contribution in [0.3, 0.4) is 0 Å². The summed E-state index contributed by atoms with van der Waals surface area (Å²) in [5.41, 5.74) is -0.729. The number of anilines is 2. The van der Waals surface area contributed by atoms with Crippen LogP contribution < -0.4 is 10.2 Å². The Morgan fingerprint density at radius 1 is 1.38 bits per heavy atom. The number of carbonyl (C=O) groups excluding carboxylic acids is 2. The van der Waals surface area contributed by atoms with Crippen molar-refractivity contribution in [2.75, 3.05) is 16.8 Å². The largest absolute Gasteiger partial charge is 0.416 e. The Balaban J connectivity index is 1.74. The van der Waals surface area contributed by atoms with Crippen molar-refractivity contribution in [3.05, 3.63) is 36.2 Å². The van der Waals surface area contributed by atoms with Gasteiger partial charge in [0, 0.05) is 18.7 Å². The van der Waals surface area contributed by atoms with Gasteiger partial charge >= 0.3 is 6.18 Å². The monoisotopic (exact) mass is 339 g/mol. The average Bonchev–Trinajstić information content (AvgIpc) is 3.16. The summed E-state index contributed by atoms with van der Waals surface area (Å²) < 4.78 is 38.4. The van der Waals surface area contributed by atoms with Gasteiger partial charge in [-0.1, -0.05) is 6.07 Å². The predicted octanol–water partition coefficient (Wildman–Crippen LogP) is 1.82. The number of H-pyrrole nitrogens is 1. The van der Waals surface area contributed by atoms with Crippen LogP contribution in [0.2, 0.25) is 0 Å². The van der Waals surface area contributed by atoms with Crippen molar-refractivity contribution < 1.29 is 22.8 Å². The fourth-order valence-corrected chi connectivity index (χ4v) is 2.47. The molecule has 0 spiro atoms. The van der Waals surface area contributed by atoms with E-state index in [9.17, 15) is 22.8 Å². The highest BCUT2D eigenvalue weighted by molar-refractivity contribution is 6.03. The smallest absolute Gasteiger partial charge is 0.312 e. The Kier molecular flexibility index (Phi) is 3.96. The molecule has 126 valence electrons. The second kappa shape index (κ2) is 5.95. The van der Waals surface area contributed by atoms with Crippen LogP contribution in [0.4, 0.5) is 24.8 Å². The molecule has 0 saturated carbocycles. The third-order valence-corrected chi connectivity index (χ3v) is 3.64. The fraction of sp³-hybridized carbons (Fsp3) is 0.286. The van der Waals surface area contributed by atoms with Gasteiger partial charge in [0.25, 0.3) is 0 Å². The van der Waals surface area contributed by atoms with Crippen molar-refractivity contribution in [3.8, 4) is 0 Å².